The quantitative estimate of drug-likeness (QED) is 0.808. The fourth-order valence-corrected chi connectivity index (χ4v) is 3.22. The molecule has 1 aromatic rings. The average molecular weight is 391 g/mol. The van der Waals surface area contributed by atoms with Gasteiger partial charge in [-0.25, -0.2) is 0 Å². The summed E-state index contributed by atoms with van der Waals surface area (Å²) in [7, 11) is 0. The first-order valence-corrected chi connectivity index (χ1v) is 8.47. The molecule has 6 nitrogen and oxygen atoms in total. The summed E-state index contributed by atoms with van der Waals surface area (Å²) in [6, 6.07) is 7.37. The number of carbonyl (C=O) groups excluding carboxylic acids is 1. The number of hydrogen-bond acceptors (Lipinski definition) is 5. The maximum absolute atomic E-state index is 12.2. The van der Waals surface area contributed by atoms with E-state index in [1.165, 1.54) is 0 Å². The number of phenolic OH excluding ortho intramolecular Hbond substituents is 1. The summed E-state index contributed by atoms with van der Waals surface area (Å²) in [6.07, 6.45) is 0.624. The summed E-state index contributed by atoms with van der Waals surface area (Å²) in [5, 5.41) is 12.6. The molecule has 2 aliphatic rings. The van der Waals surface area contributed by atoms with Gasteiger partial charge in [-0.1, -0.05) is 0 Å². The molecule has 142 valence electrons. The average Bonchev–Trinajstić information content (AvgIpc) is 2.61. The minimum absolute atomic E-state index is 0. The molecule has 0 aromatic heterocycles. The molecule has 2 heterocycles. The number of nitrogens with one attached hydrogen (secondary N) is 1. The topological polar surface area (TPSA) is 59.1 Å². The predicted molar refractivity (Wildman–Crippen MR) is 105 cm³/mol. The Kier molecular flexibility index (Phi) is 9.35. The molecule has 2 fully saturated rings. The molecule has 3 rings (SSSR count). The molecule has 0 atom stereocenters. The van der Waals surface area contributed by atoms with Crippen LogP contribution in [0.25, 0.3) is 0 Å². The number of piperazine rings is 2. The molecule has 0 spiro atoms. The fraction of sp³-hybridized carbons (Fsp3) is 0.588. The lowest BCUT2D eigenvalue weighted by Crippen LogP contribution is -2.49. The molecular weight excluding hydrogens is 363 g/mol. The van der Waals surface area contributed by atoms with Crippen molar-refractivity contribution >= 4 is 36.4 Å². The van der Waals surface area contributed by atoms with E-state index in [1.807, 2.05) is 17.0 Å². The van der Waals surface area contributed by atoms with E-state index >= 15 is 0 Å². The molecule has 0 unspecified atom stereocenters. The molecule has 25 heavy (non-hydrogen) atoms. The van der Waals surface area contributed by atoms with Crippen LogP contribution < -0.4 is 10.2 Å². The highest BCUT2D eigenvalue weighted by Crippen LogP contribution is 2.19. The SMILES string of the molecule is Cl.Cl.O=C(CCN1CCN(c2ccc(O)cc2)CC1)N1CCNCC1. The lowest BCUT2D eigenvalue weighted by Gasteiger charge is -2.36. The third-order valence-electron chi connectivity index (χ3n) is 4.70. The van der Waals surface area contributed by atoms with Crippen LogP contribution in [-0.2, 0) is 4.79 Å². The second kappa shape index (κ2) is 10.7. The van der Waals surface area contributed by atoms with Gasteiger partial charge in [0.2, 0.25) is 5.91 Å². The Balaban J connectivity index is 0.00000156. The van der Waals surface area contributed by atoms with Gasteiger partial charge in [0.15, 0.2) is 0 Å². The number of hydrogen-bond donors (Lipinski definition) is 2. The highest BCUT2D eigenvalue weighted by atomic mass is 35.5. The zero-order valence-corrected chi connectivity index (χ0v) is 16.0. The van der Waals surface area contributed by atoms with Gasteiger partial charge in [0.25, 0.3) is 0 Å². The third kappa shape index (κ3) is 6.22. The molecule has 2 saturated heterocycles. The van der Waals surface area contributed by atoms with Crippen LogP contribution in [0.2, 0.25) is 0 Å². The van der Waals surface area contributed by atoms with E-state index in [0.29, 0.717) is 12.2 Å². The van der Waals surface area contributed by atoms with Crippen LogP contribution in [-0.4, -0.2) is 79.7 Å². The summed E-state index contributed by atoms with van der Waals surface area (Å²) in [5.74, 6) is 0.589. The maximum Gasteiger partial charge on any atom is 0.223 e. The molecule has 2 aliphatic heterocycles. The van der Waals surface area contributed by atoms with Gasteiger partial charge in [-0.15, -0.1) is 24.8 Å². The number of aromatic hydroxyl groups is 1. The minimum Gasteiger partial charge on any atom is -0.508 e. The number of carbonyl (C=O) groups is 1. The molecule has 0 saturated carbocycles. The van der Waals surface area contributed by atoms with Crippen LogP contribution in [0, 0.1) is 0 Å². The summed E-state index contributed by atoms with van der Waals surface area (Å²) in [4.78, 5) is 18.9. The van der Waals surface area contributed by atoms with Crippen molar-refractivity contribution in [3.63, 3.8) is 0 Å². The monoisotopic (exact) mass is 390 g/mol. The highest BCUT2D eigenvalue weighted by Gasteiger charge is 2.20. The third-order valence-corrected chi connectivity index (χ3v) is 4.70. The number of nitrogens with zero attached hydrogens (tertiary/aromatic N) is 3. The van der Waals surface area contributed by atoms with Crippen molar-refractivity contribution < 1.29 is 9.90 Å². The molecular formula is C17H28Cl2N4O2. The zero-order chi connectivity index (χ0) is 16.1. The van der Waals surface area contributed by atoms with Crippen molar-refractivity contribution in [3.05, 3.63) is 24.3 Å². The van der Waals surface area contributed by atoms with E-state index in [1.54, 1.807) is 12.1 Å². The van der Waals surface area contributed by atoms with E-state index < -0.39 is 0 Å². The van der Waals surface area contributed by atoms with Gasteiger partial charge >= 0.3 is 0 Å². The van der Waals surface area contributed by atoms with Crippen LogP contribution in [0.15, 0.2) is 24.3 Å². The number of rotatable bonds is 4. The first-order chi connectivity index (χ1) is 11.2. The van der Waals surface area contributed by atoms with Crippen molar-refractivity contribution in [3.8, 4) is 5.75 Å². The molecule has 0 radical (unpaired) electrons. The van der Waals surface area contributed by atoms with Crippen molar-refractivity contribution in [1.82, 2.24) is 15.1 Å². The normalized spacial score (nSPS) is 18.2. The Morgan fingerprint density at radius 3 is 2.16 bits per heavy atom. The maximum atomic E-state index is 12.2. The summed E-state index contributed by atoms with van der Waals surface area (Å²) in [5.41, 5.74) is 1.15. The van der Waals surface area contributed by atoms with Crippen LogP contribution in [0.1, 0.15) is 6.42 Å². The second-order valence-corrected chi connectivity index (χ2v) is 6.23. The molecule has 2 N–H and O–H groups in total. The van der Waals surface area contributed by atoms with Gasteiger partial charge in [0, 0.05) is 71.0 Å². The first kappa shape index (κ1) is 21.8. The number of amides is 1. The Morgan fingerprint density at radius 2 is 1.56 bits per heavy atom. The summed E-state index contributed by atoms with van der Waals surface area (Å²) < 4.78 is 0. The summed E-state index contributed by atoms with van der Waals surface area (Å²) in [6.45, 7) is 8.26. The van der Waals surface area contributed by atoms with Crippen molar-refractivity contribution in [2.75, 3.05) is 63.8 Å². The number of phenols is 1. The van der Waals surface area contributed by atoms with E-state index in [4.69, 9.17) is 0 Å². The molecule has 0 bridgehead atoms. The smallest absolute Gasteiger partial charge is 0.223 e. The minimum atomic E-state index is 0. The standard InChI is InChI=1S/C17H26N4O2.2ClH/c22-16-3-1-15(2-4-16)20-13-11-19(12-14-20)8-5-17(23)21-9-6-18-7-10-21;;/h1-4,18,22H,5-14H2;2*1H. The fourth-order valence-electron chi connectivity index (χ4n) is 3.22. The van der Waals surface area contributed by atoms with Gasteiger partial charge in [0.1, 0.15) is 5.75 Å². The molecule has 1 aromatic carbocycles. The largest absolute Gasteiger partial charge is 0.508 e. The Hall–Kier alpha value is -1.21. The number of benzene rings is 1. The lowest BCUT2D eigenvalue weighted by atomic mass is 10.2. The van der Waals surface area contributed by atoms with Crippen LogP contribution in [0.3, 0.4) is 0 Å². The second-order valence-electron chi connectivity index (χ2n) is 6.23. The van der Waals surface area contributed by atoms with Gasteiger partial charge in [-0.05, 0) is 24.3 Å². The van der Waals surface area contributed by atoms with E-state index in [9.17, 15) is 9.90 Å². The number of anilines is 1. The van der Waals surface area contributed by atoms with Gasteiger partial charge in [-0.2, -0.15) is 0 Å². The molecule has 0 aliphatic carbocycles. The van der Waals surface area contributed by atoms with E-state index in [2.05, 4.69) is 15.1 Å². The van der Waals surface area contributed by atoms with Gasteiger partial charge in [-0.3, -0.25) is 9.69 Å². The van der Waals surface area contributed by atoms with E-state index in [-0.39, 0.29) is 30.7 Å². The zero-order valence-electron chi connectivity index (χ0n) is 14.4. The first-order valence-electron chi connectivity index (χ1n) is 8.47. The Morgan fingerprint density at radius 1 is 0.960 bits per heavy atom. The van der Waals surface area contributed by atoms with Crippen LogP contribution in [0.4, 0.5) is 5.69 Å². The molecule has 8 heteroatoms. The highest BCUT2D eigenvalue weighted by molar-refractivity contribution is 5.85. The van der Waals surface area contributed by atoms with Crippen LogP contribution in [0.5, 0.6) is 5.75 Å². The van der Waals surface area contributed by atoms with Crippen molar-refractivity contribution in [2.24, 2.45) is 0 Å². The van der Waals surface area contributed by atoms with Gasteiger partial charge < -0.3 is 20.2 Å². The Bertz CT molecular complexity index is 516. The van der Waals surface area contributed by atoms with Crippen molar-refractivity contribution in [2.45, 2.75) is 6.42 Å². The predicted octanol–water partition coefficient (Wildman–Crippen LogP) is 1.18. The Labute approximate surface area is 162 Å². The summed E-state index contributed by atoms with van der Waals surface area (Å²) >= 11 is 0. The van der Waals surface area contributed by atoms with Gasteiger partial charge in [0.05, 0.1) is 0 Å². The van der Waals surface area contributed by atoms with Crippen molar-refractivity contribution in [1.29, 1.82) is 0 Å². The van der Waals surface area contributed by atoms with E-state index in [0.717, 1.165) is 64.6 Å². The number of halogens is 2. The molecule has 1 amide bonds. The van der Waals surface area contributed by atoms with Crippen LogP contribution >= 0.6 is 24.8 Å². The lowest BCUT2D eigenvalue weighted by molar-refractivity contribution is -0.132.